The van der Waals surface area contributed by atoms with E-state index in [1.54, 1.807) is 4.68 Å². The molecular weight excluding hydrogens is 378 g/mol. The maximum absolute atomic E-state index is 13.2. The van der Waals surface area contributed by atoms with Crippen molar-refractivity contribution in [3.63, 3.8) is 0 Å². The highest BCUT2D eigenvalue weighted by molar-refractivity contribution is 5.75. The molecule has 2 atom stereocenters. The number of aromatic nitrogens is 3. The number of hydrogen-bond donors (Lipinski definition) is 1. The van der Waals surface area contributed by atoms with Crippen LogP contribution in [0.5, 0.6) is 0 Å². The molecule has 8 nitrogen and oxygen atoms in total. The van der Waals surface area contributed by atoms with E-state index < -0.39 is 5.54 Å². The Bertz CT molecular complexity index is 728. The molecule has 1 aliphatic heterocycles. The number of piperazine rings is 1. The molecule has 2 heterocycles. The van der Waals surface area contributed by atoms with E-state index >= 15 is 0 Å². The summed E-state index contributed by atoms with van der Waals surface area (Å²) in [6.07, 6.45) is 10.4. The minimum Gasteiger partial charge on any atom is -0.327 e. The van der Waals surface area contributed by atoms with Crippen molar-refractivity contribution in [3.8, 4) is 6.07 Å². The quantitative estimate of drug-likeness (QED) is 0.738. The number of carbonyl (C=O) groups excluding carboxylic acids is 1. The molecule has 2 aliphatic rings. The second-order valence-corrected chi connectivity index (χ2v) is 9.13. The maximum atomic E-state index is 13.2. The number of rotatable bonds is 7. The van der Waals surface area contributed by atoms with E-state index in [0.717, 1.165) is 64.0 Å². The van der Waals surface area contributed by atoms with Crippen LogP contribution in [-0.4, -0.2) is 64.1 Å². The Morgan fingerprint density at radius 2 is 2.00 bits per heavy atom. The highest BCUT2D eigenvalue weighted by Gasteiger charge is 2.41. The molecule has 1 saturated heterocycles. The van der Waals surface area contributed by atoms with Gasteiger partial charge >= 0.3 is 6.03 Å². The first kappa shape index (κ1) is 22.5. The normalized spacial score (nSPS) is 21.6. The molecule has 0 unspecified atom stereocenters. The average molecular weight is 416 g/mol. The number of unbranched alkanes of at least 4 members (excludes halogenated alkanes) is 1. The fourth-order valence-corrected chi connectivity index (χ4v) is 4.69. The van der Waals surface area contributed by atoms with Crippen LogP contribution < -0.4 is 5.32 Å². The van der Waals surface area contributed by atoms with Crippen molar-refractivity contribution in [2.45, 2.75) is 76.8 Å². The summed E-state index contributed by atoms with van der Waals surface area (Å²) in [7, 11) is 2.09. The van der Waals surface area contributed by atoms with Crippen LogP contribution in [0.25, 0.3) is 0 Å². The Hall–Kier alpha value is -2.14. The fourth-order valence-electron chi connectivity index (χ4n) is 4.69. The Morgan fingerprint density at radius 1 is 1.30 bits per heavy atom. The van der Waals surface area contributed by atoms with Crippen molar-refractivity contribution in [1.82, 2.24) is 30.1 Å². The Balaban J connectivity index is 1.81. The second-order valence-electron chi connectivity index (χ2n) is 9.13. The standard InChI is InChI=1S/C22H37N7O/c1-4-5-11-19(16-23)29-17-20(25-26-29)22(2,18-9-7-6-8-10-18)24-21(30)28-14-12-27(3)13-15-28/h17-19H,4-15H2,1-3H3,(H,24,30)/t19-,22-/m0/s1. The summed E-state index contributed by atoms with van der Waals surface area (Å²) in [4.78, 5) is 17.3. The predicted octanol–water partition coefficient (Wildman–Crippen LogP) is 3.29. The van der Waals surface area contributed by atoms with Crippen molar-refractivity contribution in [2.75, 3.05) is 33.2 Å². The van der Waals surface area contributed by atoms with Crippen LogP contribution in [0.2, 0.25) is 0 Å². The van der Waals surface area contributed by atoms with E-state index in [1.807, 2.05) is 11.1 Å². The molecule has 0 bridgehead atoms. The molecule has 0 spiro atoms. The van der Waals surface area contributed by atoms with E-state index in [4.69, 9.17) is 0 Å². The third-order valence-corrected chi connectivity index (χ3v) is 6.92. The lowest BCUT2D eigenvalue weighted by molar-refractivity contribution is 0.125. The van der Waals surface area contributed by atoms with Crippen molar-refractivity contribution in [2.24, 2.45) is 5.92 Å². The van der Waals surface area contributed by atoms with Crippen molar-refractivity contribution < 1.29 is 4.79 Å². The van der Waals surface area contributed by atoms with Crippen molar-refractivity contribution >= 4 is 6.03 Å². The van der Waals surface area contributed by atoms with Crippen LogP contribution in [-0.2, 0) is 5.54 Å². The molecule has 2 amide bonds. The van der Waals surface area contributed by atoms with E-state index in [2.05, 4.69) is 47.5 Å². The third-order valence-electron chi connectivity index (χ3n) is 6.92. The SMILES string of the molecule is CCCC[C@@H](C#N)n1cc([C@@](C)(NC(=O)N2CCN(C)CC2)C2CCCCC2)nn1. The second kappa shape index (κ2) is 10.3. The number of nitrogens with one attached hydrogen (secondary N) is 1. The van der Waals surface area contributed by atoms with Gasteiger partial charge in [-0.2, -0.15) is 5.26 Å². The number of carbonyl (C=O) groups is 1. The fraction of sp³-hybridized carbons (Fsp3) is 0.818. The number of urea groups is 1. The monoisotopic (exact) mass is 415 g/mol. The lowest BCUT2D eigenvalue weighted by Gasteiger charge is -2.41. The zero-order chi connectivity index (χ0) is 21.6. The van der Waals surface area contributed by atoms with Gasteiger partial charge in [0.1, 0.15) is 11.7 Å². The number of nitrogens with zero attached hydrogens (tertiary/aromatic N) is 6. The summed E-state index contributed by atoms with van der Waals surface area (Å²) in [5.41, 5.74) is 0.192. The summed E-state index contributed by atoms with van der Waals surface area (Å²) < 4.78 is 1.69. The summed E-state index contributed by atoms with van der Waals surface area (Å²) in [5, 5.41) is 21.7. The smallest absolute Gasteiger partial charge is 0.318 e. The summed E-state index contributed by atoms with van der Waals surface area (Å²) >= 11 is 0. The van der Waals surface area contributed by atoms with Crippen LogP contribution in [0.4, 0.5) is 4.79 Å². The molecule has 30 heavy (non-hydrogen) atoms. The largest absolute Gasteiger partial charge is 0.327 e. The van der Waals surface area contributed by atoms with Crippen LogP contribution in [0, 0.1) is 17.2 Å². The predicted molar refractivity (Wildman–Crippen MR) is 116 cm³/mol. The Kier molecular flexibility index (Phi) is 7.70. The molecule has 1 aromatic rings. The van der Waals surface area contributed by atoms with Crippen LogP contribution in [0.15, 0.2) is 6.20 Å². The molecule has 3 rings (SSSR count). The maximum Gasteiger partial charge on any atom is 0.318 e. The third kappa shape index (κ3) is 5.12. The Labute approximate surface area is 180 Å². The topological polar surface area (TPSA) is 90.1 Å². The van der Waals surface area contributed by atoms with Crippen molar-refractivity contribution in [3.05, 3.63) is 11.9 Å². The lowest BCUT2D eigenvalue weighted by atomic mass is 9.74. The number of nitriles is 1. The molecule has 1 N–H and O–H groups in total. The number of amides is 2. The van der Waals surface area contributed by atoms with Gasteiger partial charge in [-0.25, -0.2) is 9.48 Å². The van der Waals surface area contributed by atoms with Gasteiger partial charge in [0.15, 0.2) is 0 Å². The average Bonchev–Trinajstić information content (AvgIpc) is 3.26. The molecule has 0 aromatic carbocycles. The van der Waals surface area contributed by atoms with Gasteiger partial charge in [0.2, 0.25) is 0 Å². The van der Waals surface area contributed by atoms with Gasteiger partial charge in [-0.3, -0.25) is 0 Å². The molecule has 1 saturated carbocycles. The van der Waals surface area contributed by atoms with E-state index in [1.165, 1.54) is 19.3 Å². The van der Waals surface area contributed by atoms with Crippen molar-refractivity contribution in [1.29, 1.82) is 5.26 Å². The highest BCUT2D eigenvalue weighted by atomic mass is 16.2. The van der Waals surface area contributed by atoms with Gasteiger partial charge in [-0.05, 0) is 39.2 Å². The lowest BCUT2D eigenvalue weighted by Crippen LogP contribution is -2.57. The Morgan fingerprint density at radius 3 is 2.63 bits per heavy atom. The first-order valence-corrected chi connectivity index (χ1v) is 11.6. The van der Waals surface area contributed by atoms with Crippen LogP contribution in [0.1, 0.15) is 76.9 Å². The van der Waals surface area contributed by atoms with Crippen LogP contribution >= 0.6 is 0 Å². The number of likely N-dealkylation sites (N-methyl/N-ethyl adjacent to an activating group) is 1. The minimum absolute atomic E-state index is 0.0199. The van der Waals surface area contributed by atoms with Gasteiger partial charge in [-0.1, -0.05) is 44.2 Å². The van der Waals surface area contributed by atoms with E-state index in [9.17, 15) is 10.1 Å². The van der Waals surface area contributed by atoms with Gasteiger partial charge in [-0.15, -0.1) is 5.10 Å². The molecule has 2 fully saturated rings. The first-order chi connectivity index (χ1) is 14.5. The van der Waals surface area contributed by atoms with E-state index in [-0.39, 0.29) is 12.1 Å². The van der Waals surface area contributed by atoms with Crippen LogP contribution in [0.3, 0.4) is 0 Å². The summed E-state index contributed by atoms with van der Waals surface area (Å²) in [6.45, 7) is 7.48. The van der Waals surface area contributed by atoms with Gasteiger partial charge in [0.25, 0.3) is 0 Å². The molecular formula is C22H37N7O. The molecule has 8 heteroatoms. The molecule has 1 aromatic heterocycles. The molecule has 0 radical (unpaired) electrons. The zero-order valence-electron chi connectivity index (χ0n) is 18.8. The summed E-state index contributed by atoms with van der Waals surface area (Å²) in [5.74, 6) is 0.323. The zero-order valence-corrected chi connectivity index (χ0v) is 18.8. The van der Waals surface area contributed by atoms with Gasteiger partial charge in [0, 0.05) is 26.2 Å². The number of hydrogen-bond acceptors (Lipinski definition) is 5. The van der Waals surface area contributed by atoms with Gasteiger partial charge in [0.05, 0.1) is 17.8 Å². The first-order valence-electron chi connectivity index (χ1n) is 11.6. The van der Waals surface area contributed by atoms with E-state index in [0.29, 0.717) is 5.92 Å². The molecule has 1 aliphatic carbocycles. The van der Waals surface area contributed by atoms with Gasteiger partial charge < -0.3 is 15.1 Å². The minimum atomic E-state index is -0.579. The highest BCUT2D eigenvalue weighted by Crippen LogP contribution is 2.38. The molecule has 166 valence electrons. The summed E-state index contributed by atoms with van der Waals surface area (Å²) in [6, 6.07) is 2.02.